The number of piperazine rings is 1. The summed E-state index contributed by atoms with van der Waals surface area (Å²) in [5, 5.41) is 5.45. The Bertz CT molecular complexity index is 1210. The zero-order valence-corrected chi connectivity index (χ0v) is 17.5. The average Bonchev–Trinajstić information content (AvgIpc) is 3.48. The van der Waals surface area contributed by atoms with E-state index in [2.05, 4.69) is 15.2 Å². The molecule has 156 valence electrons. The molecule has 0 spiro atoms. The van der Waals surface area contributed by atoms with Crippen LogP contribution < -0.4 is 10.2 Å². The lowest BCUT2D eigenvalue weighted by atomic mass is 10.2. The predicted octanol–water partition coefficient (Wildman–Crippen LogP) is 4.10. The van der Waals surface area contributed by atoms with Gasteiger partial charge in [0.25, 0.3) is 11.8 Å². The summed E-state index contributed by atoms with van der Waals surface area (Å²) in [5.74, 6) is 0.591. The van der Waals surface area contributed by atoms with Crippen molar-refractivity contribution in [2.45, 2.75) is 0 Å². The molecule has 7 nitrogen and oxygen atoms in total. The molecule has 0 aliphatic carbocycles. The van der Waals surface area contributed by atoms with Crippen molar-refractivity contribution in [2.24, 2.45) is 0 Å². The summed E-state index contributed by atoms with van der Waals surface area (Å²) >= 11 is 1.35. The quantitative estimate of drug-likeness (QED) is 0.525. The van der Waals surface area contributed by atoms with Gasteiger partial charge in [-0.3, -0.25) is 9.59 Å². The van der Waals surface area contributed by atoms with Crippen LogP contribution in [0.3, 0.4) is 0 Å². The topological polar surface area (TPSA) is 78.7 Å². The molecule has 3 aromatic heterocycles. The van der Waals surface area contributed by atoms with Crippen molar-refractivity contribution in [1.29, 1.82) is 0 Å². The van der Waals surface area contributed by atoms with Crippen LogP contribution in [0.4, 0.5) is 11.5 Å². The highest BCUT2D eigenvalue weighted by Crippen LogP contribution is 2.32. The van der Waals surface area contributed by atoms with E-state index in [1.807, 2.05) is 47.8 Å². The Labute approximate surface area is 182 Å². The number of para-hydroxylation sites is 1. The predicted molar refractivity (Wildman–Crippen MR) is 121 cm³/mol. The van der Waals surface area contributed by atoms with Crippen LogP contribution in [-0.4, -0.2) is 47.9 Å². The molecule has 0 unspecified atom stereocenters. The molecular weight excluding hydrogens is 412 g/mol. The monoisotopic (exact) mass is 432 g/mol. The minimum atomic E-state index is -0.254. The maximum Gasteiger partial charge on any atom is 0.291 e. The molecule has 1 aromatic carbocycles. The second-order valence-electron chi connectivity index (χ2n) is 7.20. The van der Waals surface area contributed by atoms with Gasteiger partial charge in [0, 0.05) is 37.8 Å². The fourth-order valence-corrected chi connectivity index (χ4v) is 4.35. The summed E-state index contributed by atoms with van der Waals surface area (Å²) in [6.45, 7) is 2.45. The van der Waals surface area contributed by atoms with Crippen molar-refractivity contribution in [3.05, 3.63) is 76.8 Å². The molecule has 1 aliphatic rings. The average molecular weight is 433 g/mol. The molecule has 4 heterocycles. The summed E-state index contributed by atoms with van der Waals surface area (Å²) in [5.41, 5.74) is 0.991. The van der Waals surface area contributed by atoms with Gasteiger partial charge in [-0.2, -0.15) is 0 Å². The summed E-state index contributed by atoms with van der Waals surface area (Å²) in [6.07, 6.45) is 1.77. The van der Waals surface area contributed by atoms with Crippen molar-refractivity contribution in [3.8, 4) is 0 Å². The number of benzene rings is 1. The minimum absolute atomic E-state index is 0.164. The highest BCUT2D eigenvalue weighted by Gasteiger charge is 2.29. The summed E-state index contributed by atoms with van der Waals surface area (Å²) in [6, 6.07) is 16.7. The maximum absolute atomic E-state index is 13.4. The zero-order valence-electron chi connectivity index (χ0n) is 16.7. The lowest BCUT2D eigenvalue weighted by Crippen LogP contribution is -2.49. The smallest absolute Gasteiger partial charge is 0.291 e. The lowest BCUT2D eigenvalue weighted by Gasteiger charge is -2.35. The molecule has 31 heavy (non-hydrogen) atoms. The second kappa shape index (κ2) is 8.23. The van der Waals surface area contributed by atoms with Crippen molar-refractivity contribution >= 4 is 45.6 Å². The molecule has 0 bridgehead atoms. The molecule has 1 fully saturated rings. The third-order valence-corrected chi connectivity index (χ3v) is 6.18. The van der Waals surface area contributed by atoms with Gasteiger partial charge in [-0.25, -0.2) is 4.98 Å². The van der Waals surface area contributed by atoms with E-state index in [-0.39, 0.29) is 17.6 Å². The molecule has 1 aliphatic heterocycles. The van der Waals surface area contributed by atoms with E-state index in [1.165, 1.54) is 11.3 Å². The van der Waals surface area contributed by atoms with Gasteiger partial charge in [0.2, 0.25) is 5.76 Å². The van der Waals surface area contributed by atoms with Crippen molar-refractivity contribution < 1.29 is 14.0 Å². The third kappa shape index (κ3) is 3.77. The third-order valence-electron chi connectivity index (χ3n) is 5.31. The number of fused-ring (bicyclic) bond motifs is 1. The highest BCUT2D eigenvalue weighted by molar-refractivity contribution is 7.12. The number of carbonyl (C=O) groups excluding carboxylic acids is 2. The summed E-state index contributed by atoms with van der Waals surface area (Å²) < 4.78 is 5.92. The van der Waals surface area contributed by atoms with Gasteiger partial charge in [0.1, 0.15) is 17.1 Å². The van der Waals surface area contributed by atoms with Gasteiger partial charge in [-0.1, -0.05) is 24.3 Å². The standard InChI is InChI=1S/C23H20N4O3S/c28-22(18-8-5-15-31-18)25-20-16-6-1-2-7-17(16)30-21(20)23(29)27-13-11-26(12-14-27)19-9-3-4-10-24-19/h1-10,15H,11-14H2,(H,25,28). The molecule has 4 aromatic rings. The van der Waals surface area contributed by atoms with E-state index in [4.69, 9.17) is 4.42 Å². The van der Waals surface area contributed by atoms with Crippen molar-refractivity contribution in [2.75, 3.05) is 36.4 Å². The fourth-order valence-electron chi connectivity index (χ4n) is 3.73. The van der Waals surface area contributed by atoms with Crippen LogP contribution in [0.5, 0.6) is 0 Å². The molecule has 5 rings (SSSR count). The van der Waals surface area contributed by atoms with Crippen LogP contribution in [0.15, 0.2) is 70.6 Å². The Morgan fingerprint density at radius 2 is 1.77 bits per heavy atom. The van der Waals surface area contributed by atoms with Crippen LogP contribution in [0.1, 0.15) is 20.2 Å². The van der Waals surface area contributed by atoms with E-state index in [0.717, 1.165) is 5.82 Å². The first kappa shape index (κ1) is 19.3. The van der Waals surface area contributed by atoms with Gasteiger partial charge in [0.05, 0.1) is 4.88 Å². The lowest BCUT2D eigenvalue weighted by molar-refractivity contribution is 0.0718. The molecule has 0 radical (unpaired) electrons. The van der Waals surface area contributed by atoms with Crippen molar-refractivity contribution in [3.63, 3.8) is 0 Å². The normalized spacial score (nSPS) is 14.1. The van der Waals surface area contributed by atoms with Gasteiger partial charge in [0.15, 0.2) is 0 Å². The minimum Gasteiger partial charge on any atom is -0.449 e. The molecule has 2 amide bonds. The number of amides is 2. The fraction of sp³-hybridized carbons (Fsp3) is 0.174. The highest BCUT2D eigenvalue weighted by atomic mass is 32.1. The number of nitrogens with zero attached hydrogens (tertiary/aromatic N) is 3. The summed E-state index contributed by atoms with van der Waals surface area (Å²) in [7, 11) is 0. The Hall–Kier alpha value is -3.65. The van der Waals surface area contributed by atoms with Gasteiger partial charge in [-0.05, 0) is 35.7 Å². The number of thiophene rings is 1. The molecule has 0 saturated carbocycles. The molecule has 1 saturated heterocycles. The number of rotatable bonds is 4. The first-order valence-corrected chi connectivity index (χ1v) is 10.9. The molecular formula is C23H20N4O3S. The first-order chi connectivity index (χ1) is 15.2. The Morgan fingerprint density at radius 1 is 0.968 bits per heavy atom. The van der Waals surface area contributed by atoms with Gasteiger partial charge in [-0.15, -0.1) is 11.3 Å². The van der Waals surface area contributed by atoms with E-state index >= 15 is 0 Å². The Kier molecular flexibility index (Phi) is 5.13. The largest absolute Gasteiger partial charge is 0.449 e. The molecule has 0 atom stereocenters. The van der Waals surface area contributed by atoms with Crippen molar-refractivity contribution in [1.82, 2.24) is 9.88 Å². The van der Waals surface area contributed by atoms with Crippen LogP contribution in [-0.2, 0) is 0 Å². The van der Waals surface area contributed by atoms with Gasteiger partial charge >= 0.3 is 0 Å². The SMILES string of the molecule is O=C(Nc1c(C(=O)N2CCN(c3ccccn3)CC2)oc2ccccc12)c1cccs1. The number of aromatic nitrogens is 1. The number of furan rings is 1. The zero-order chi connectivity index (χ0) is 21.2. The van der Waals surface area contributed by atoms with Crippen LogP contribution in [0, 0.1) is 0 Å². The first-order valence-electron chi connectivity index (χ1n) is 10.0. The second-order valence-corrected chi connectivity index (χ2v) is 8.15. The number of carbonyl (C=O) groups is 2. The van der Waals surface area contributed by atoms with E-state index in [1.54, 1.807) is 23.2 Å². The number of anilines is 2. The Balaban J connectivity index is 1.39. The molecule has 8 heteroatoms. The van der Waals surface area contributed by atoms with E-state index < -0.39 is 0 Å². The van der Waals surface area contributed by atoms with Crippen LogP contribution in [0.25, 0.3) is 11.0 Å². The number of pyridine rings is 1. The van der Waals surface area contributed by atoms with Crippen LogP contribution >= 0.6 is 11.3 Å². The Morgan fingerprint density at radius 3 is 2.52 bits per heavy atom. The number of hydrogen-bond donors (Lipinski definition) is 1. The molecule has 1 N–H and O–H groups in total. The van der Waals surface area contributed by atoms with Crippen LogP contribution in [0.2, 0.25) is 0 Å². The number of nitrogens with one attached hydrogen (secondary N) is 1. The van der Waals surface area contributed by atoms with E-state index in [0.29, 0.717) is 47.7 Å². The van der Waals surface area contributed by atoms with Gasteiger partial charge < -0.3 is 19.5 Å². The maximum atomic E-state index is 13.4. The van der Waals surface area contributed by atoms with E-state index in [9.17, 15) is 9.59 Å². The number of hydrogen-bond acceptors (Lipinski definition) is 6. The summed E-state index contributed by atoms with van der Waals surface area (Å²) in [4.78, 5) is 34.9.